The Labute approximate surface area is 203 Å². The molecule has 0 aromatic heterocycles. The van der Waals surface area contributed by atoms with Crippen molar-refractivity contribution in [3.8, 4) is 5.75 Å². The SMILES string of the molecule is CCCCOc1cc(N(CCCC)CCCC)ccc1C1(OC(C)=O)OC(=O)c2ccccc21. The fourth-order valence-electron chi connectivity index (χ4n) is 4.22. The monoisotopic (exact) mass is 467 g/mol. The van der Waals surface area contributed by atoms with Crippen molar-refractivity contribution in [2.24, 2.45) is 0 Å². The summed E-state index contributed by atoms with van der Waals surface area (Å²) in [5.74, 6) is -2.17. The summed E-state index contributed by atoms with van der Waals surface area (Å²) < 4.78 is 17.8. The molecule has 3 rings (SSSR count). The fourth-order valence-corrected chi connectivity index (χ4v) is 4.22. The van der Waals surface area contributed by atoms with Gasteiger partial charge in [-0.25, -0.2) is 4.79 Å². The Balaban J connectivity index is 2.12. The van der Waals surface area contributed by atoms with Crippen LogP contribution in [0.1, 0.15) is 87.7 Å². The van der Waals surface area contributed by atoms with Gasteiger partial charge in [0.15, 0.2) is 0 Å². The largest absolute Gasteiger partial charge is 0.493 e. The molecule has 0 spiro atoms. The normalized spacial score (nSPS) is 16.6. The predicted octanol–water partition coefficient (Wildman–Crippen LogP) is 6.21. The Kier molecular flexibility index (Phi) is 8.97. The molecule has 0 amide bonds. The first-order chi connectivity index (χ1) is 16.5. The smallest absolute Gasteiger partial charge is 0.342 e. The van der Waals surface area contributed by atoms with Gasteiger partial charge in [-0.05, 0) is 43.5 Å². The van der Waals surface area contributed by atoms with Crippen molar-refractivity contribution in [2.45, 2.75) is 72.0 Å². The minimum Gasteiger partial charge on any atom is -0.493 e. The van der Waals surface area contributed by atoms with E-state index in [1.807, 2.05) is 24.3 Å². The van der Waals surface area contributed by atoms with Crippen molar-refractivity contribution in [1.82, 2.24) is 0 Å². The number of hydrogen-bond acceptors (Lipinski definition) is 6. The van der Waals surface area contributed by atoms with Crippen molar-refractivity contribution in [1.29, 1.82) is 0 Å². The van der Waals surface area contributed by atoms with E-state index in [1.165, 1.54) is 6.92 Å². The van der Waals surface area contributed by atoms with Crippen molar-refractivity contribution < 1.29 is 23.8 Å². The molecule has 34 heavy (non-hydrogen) atoms. The van der Waals surface area contributed by atoms with E-state index in [0.717, 1.165) is 57.3 Å². The van der Waals surface area contributed by atoms with Crippen LogP contribution in [-0.4, -0.2) is 31.6 Å². The third kappa shape index (κ3) is 5.54. The summed E-state index contributed by atoms with van der Waals surface area (Å²) in [4.78, 5) is 27.3. The fraction of sp³-hybridized carbons (Fsp3) is 0.500. The van der Waals surface area contributed by atoms with Crippen LogP contribution < -0.4 is 9.64 Å². The van der Waals surface area contributed by atoms with Gasteiger partial charge in [0, 0.05) is 31.8 Å². The zero-order chi connectivity index (χ0) is 24.6. The second kappa shape index (κ2) is 11.9. The lowest BCUT2D eigenvalue weighted by Crippen LogP contribution is -2.34. The summed E-state index contributed by atoms with van der Waals surface area (Å²) in [6.45, 7) is 10.2. The van der Waals surface area contributed by atoms with E-state index in [0.29, 0.717) is 29.0 Å². The molecule has 1 heterocycles. The van der Waals surface area contributed by atoms with Crippen LogP contribution in [0.3, 0.4) is 0 Å². The van der Waals surface area contributed by atoms with Gasteiger partial charge in [-0.3, -0.25) is 4.79 Å². The second-order valence-corrected chi connectivity index (χ2v) is 8.72. The van der Waals surface area contributed by atoms with Crippen LogP contribution in [-0.2, 0) is 20.1 Å². The van der Waals surface area contributed by atoms with E-state index < -0.39 is 17.7 Å². The van der Waals surface area contributed by atoms with Crippen LogP contribution in [0.4, 0.5) is 5.69 Å². The highest BCUT2D eigenvalue weighted by Crippen LogP contribution is 2.47. The lowest BCUT2D eigenvalue weighted by molar-refractivity contribution is -0.191. The number of carbonyl (C=O) groups excluding carboxylic acids is 2. The highest BCUT2D eigenvalue weighted by molar-refractivity contribution is 5.95. The molecule has 0 saturated carbocycles. The molecule has 0 N–H and O–H groups in total. The lowest BCUT2D eigenvalue weighted by Gasteiger charge is -2.31. The number of ether oxygens (including phenoxy) is 3. The molecule has 0 bridgehead atoms. The minimum atomic E-state index is -1.67. The van der Waals surface area contributed by atoms with Crippen molar-refractivity contribution in [2.75, 3.05) is 24.6 Å². The Hall–Kier alpha value is -3.02. The van der Waals surface area contributed by atoms with Gasteiger partial charge in [0.2, 0.25) is 0 Å². The molecule has 2 aromatic carbocycles. The van der Waals surface area contributed by atoms with E-state index in [4.69, 9.17) is 14.2 Å². The van der Waals surface area contributed by atoms with Crippen molar-refractivity contribution in [3.63, 3.8) is 0 Å². The minimum absolute atomic E-state index is 0.389. The number of benzene rings is 2. The van der Waals surface area contributed by atoms with E-state index in [-0.39, 0.29) is 0 Å². The number of rotatable bonds is 13. The topological polar surface area (TPSA) is 65.1 Å². The number of fused-ring (bicyclic) bond motifs is 1. The number of hydrogen-bond donors (Lipinski definition) is 0. The Morgan fingerprint density at radius 3 is 2.26 bits per heavy atom. The average Bonchev–Trinajstić information content (AvgIpc) is 3.11. The van der Waals surface area contributed by atoms with E-state index in [1.54, 1.807) is 18.2 Å². The maximum Gasteiger partial charge on any atom is 0.342 e. The summed E-state index contributed by atoms with van der Waals surface area (Å²) in [5, 5.41) is 0. The summed E-state index contributed by atoms with van der Waals surface area (Å²) in [7, 11) is 0. The summed E-state index contributed by atoms with van der Waals surface area (Å²) in [6.07, 6.45) is 6.29. The summed E-state index contributed by atoms with van der Waals surface area (Å²) >= 11 is 0. The molecule has 2 aromatic rings. The van der Waals surface area contributed by atoms with E-state index in [9.17, 15) is 9.59 Å². The molecule has 6 nitrogen and oxygen atoms in total. The molecule has 0 aliphatic carbocycles. The molecule has 184 valence electrons. The van der Waals surface area contributed by atoms with Crippen LogP contribution in [0, 0.1) is 0 Å². The number of nitrogens with zero attached hydrogens (tertiary/aromatic N) is 1. The molecular formula is C28H37NO5. The first-order valence-electron chi connectivity index (χ1n) is 12.5. The van der Waals surface area contributed by atoms with Gasteiger partial charge >= 0.3 is 17.7 Å². The van der Waals surface area contributed by atoms with Crippen molar-refractivity contribution >= 4 is 17.6 Å². The van der Waals surface area contributed by atoms with Gasteiger partial charge in [0.1, 0.15) is 5.75 Å². The van der Waals surface area contributed by atoms with Gasteiger partial charge in [0.05, 0.1) is 23.3 Å². The van der Waals surface area contributed by atoms with Crippen LogP contribution >= 0.6 is 0 Å². The molecular weight excluding hydrogens is 430 g/mol. The molecule has 1 aliphatic heterocycles. The van der Waals surface area contributed by atoms with Crippen LogP contribution in [0.2, 0.25) is 0 Å². The number of anilines is 1. The first-order valence-corrected chi connectivity index (χ1v) is 12.5. The third-order valence-corrected chi connectivity index (χ3v) is 6.03. The number of esters is 2. The van der Waals surface area contributed by atoms with Crippen LogP contribution in [0.25, 0.3) is 0 Å². The van der Waals surface area contributed by atoms with Gasteiger partial charge in [-0.2, -0.15) is 0 Å². The third-order valence-electron chi connectivity index (χ3n) is 6.03. The number of cyclic esters (lactones) is 1. The van der Waals surface area contributed by atoms with Gasteiger partial charge < -0.3 is 19.1 Å². The first kappa shape index (κ1) is 25.6. The zero-order valence-electron chi connectivity index (χ0n) is 20.9. The van der Waals surface area contributed by atoms with Crippen molar-refractivity contribution in [3.05, 3.63) is 59.2 Å². The van der Waals surface area contributed by atoms with Gasteiger partial charge in [-0.1, -0.05) is 52.2 Å². The lowest BCUT2D eigenvalue weighted by atomic mass is 9.94. The molecule has 1 unspecified atom stereocenters. The molecule has 0 fully saturated rings. The van der Waals surface area contributed by atoms with Crippen LogP contribution in [0.15, 0.2) is 42.5 Å². The Bertz CT molecular complexity index is 977. The van der Waals surface area contributed by atoms with E-state index >= 15 is 0 Å². The van der Waals surface area contributed by atoms with E-state index in [2.05, 4.69) is 25.7 Å². The Morgan fingerprint density at radius 1 is 0.941 bits per heavy atom. The molecule has 0 saturated heterocycles. The highest BCUT2D eigenvalue weighted by atomic mass is 16.7. The van der Waals surface area contributed by atoms with Gasteiger partial charge in [0.25, 0.3) is 0 Å². The summed E-state index contributed by atoms with van der Waals surface area (Å²) in [6, 6.07) is 12.9. The molecule has 1 aliphatic rings. The maximum atomic E-state index is 12.8. The molecule has 6 heteroatoms. The van der Waals surface area contributed by atoms with Crippen LogP contribution in [0.5, 0.6) is 5.75 Å². The average molecular weight is 468 g/mol. The number of unbranched alkanes of at least 4 members (excludes halogenated alkanes) is 3. The van der Waals surface area contributed by atoms with Gasteiger partial charge in [-0.15, -0.1) is 0 Å². The molecule has 0 radical (unpaired) electrons. The highest BCUT2D eigenvalue weighted by Gasteiger charge is 2.52. The standard InChI is InChI=1S/C28H37NO5/c1-5-8-17-29(18-9-6-2)22-15-16-25(26(20-22)32-19-10-7-3)28(33-21(4)30)24-14-12-11-13-23(24)27(31)34-28/h11-16,20H,5-10,17-19H2,1-4H3. The Morgan fingerprint density at radius 2 is 1.62 bits per heavy atom. The number of carbonyl (C=O) groups is 2. The molecule has 1 atom stereocenters. The zero-order valence-corrected chi connectivity index (χ0v) is 20.9. The summed E-state index contributed by atoms with van der Waals surface area (Å²) in [5.41, 5.74) is 2.47. The maximum absolute atomic E-state index is 12.8. The second-order valence-electron chi connectivity index (χ2n) is 8.72. The predicted molar refractivity (Wildman–Crippen MR) is 133 cm³/mol. The quantitative estimate of drug-likeness (QED) is 0.258.